The molecule has 3 aromatic rings. The molecule has 1 amide bonds. The van der Waals surface area contributed by atoms with Gasteiger partial charge in [-0.1, -0.05) is 36.5 Å². The van der Waals surface area contributed by atoms with Crippen molar-refractivity contribution in [3.8, 4) is 11.3 Å². The number of esters is 2. The standard InChI is InChI=1S/C25H21Cl2NO7/c1-2-3-10-33-24(31)19-12-16(5-8-21(19)27)28-23(30)14-34-25(32)18-11-15(4-7-20(18)26)22-9-6-17(13-29)35-22/h4-9,11-13H,2-3,10,14H2,1H3,(H,28,30). The van der Waals surface area contributed by atoms with E-state index in [1.807, 2.05) is 6.92 Å². The predicted molar refractivity (Wildman–Crippen MR) is 130 cm³/mol. The summed E-state index contributed by atoms with van der Waals surface area (Å²) in [6.07, 6.45) is 2.15. The van der Waals surface area contributed by atoms with Crippen molar-refractivity contribution in [2.75, 3.05) is 18.5 Å². The molecular weight excluding hydrogens is 497 g/mol. The fourth-order valence-electron chi connectivity index (χ4n) is 2.96. The lowest BCUT2D eigenvalue weighted by Gasteiger charge is -2.10. The van der Waals surface area contributed by atoms with Crippen LogP contribution in [0.1, 0.15) is 51.0 Å². The van der Waals surface area contributed by atoms with Crippen molar-refractivity contribution < 1.29 is 33.1 Å². The van der Waals surface area contributed by atoms with Gasteiger partial charge in [0.15, 0.2) is 18.7 Å². The van der Waals surface area contributed by atoms with Gasteiger partial charge in [-0.15, -0.1) is 0 Å². The summed E-state index contributed by atoms with van der Waals surface area (Å²) in [6.45, 7) is 1.63. The summed E-state index contributed by atoms with van der Waals surface area (Å²) in [5.41, 5.74) is 0.904. The molecule has 8 nitrogen and oxygen atoms in total. The molecular formula is C25H21Cl2NO7. The first-order valence-corrected chi connectivity index (χ1v) is 11.4. The number of anilines is 1. The molecule has 10 heteroatoms. The van der Waals surface area contributed by atoms with E-state index < -0.39 is 24.5 Å². The molecule has 0 aliphatic carbocycles. The number of amides is 1. The van der Waals surface area contributed by atoms with Crippen LogP contribution >= 0.6 is 23.2 Å². The van der Waals surface area contributed by atoms with E-state index in [0.29, 0.717) is 17.6 Å². The first-order valence-electron chi connectivity index (χ1n) is 10.6. The molecule has 0 atom stereocenters. The highest BCUT2D eigenvalue weighted by atomic mass is 35.5. The van der Waals surface area contributed by atoms with Gasteiger partial charge in [0.2, 0.25) is 0 Å². The van der Waals surface area contributed by atoms with Gasteiger partial charge in [-0.25, -0.2) is 9.59 Å². The summed E-state index contributed by atoms with van der Waals surface area (Å²) in [7, 11) is 0. The lowest BCUT2D eigenvalue weighted by atomic mass is 10.1. The van der Waals surface area contributed by atoms with Crippen LogP contribution in [-0.2, 0) is 14.3 Å². The third-order valence-electron chi connectivity index (χ3n) is 4.75. The second-order valence-corrected chi connectivity index (χ2v) is 8.14. The lowest BCUT2D eigenvalue weighted by Crippen LogP contribution is -2.21. The number of halogens is 2. The molecule has 3 rings (SSSR count). The number of aldehydes is 1. The van der Waals surface area contributed by atoms with E-state index in [1.165, 1.54) is 36.4 Å². The third-order valence-corrected chi connectivity index (χ3v) is 5.41. The van der Waals surface area contributed by atoms with Crippen LogP contribution in [0.5, 0.6) is 0 Å². The van der Waals surface area contributed by atoms with Crippen LogP contribution in [0.25, 0.3) is 11.3 Å². The molecule has 0 fully saturated rings. The van der Waals surface area contributed by atoms with E-state index in [0.717, 1.165) is 12.8 Å². The van der Waals surface area contributed by atoms with Crippen molar-refractivity contribution in [1.82, 2.24) is 0 Å². The smallest absolute Gasteiger partial charge is 0.340 e. The summed E-state index contributed by atoms with van der Waals surface area (Å²) < 4.78 is 15.6. The molecule has 182 valence electrons. The Morgan fingerprint density at radius 3 is 2.31 bits per heavy atom. The Labute approximate surface area is 211 Å². The van der Waals surface area contributed by atoms with E-state index in [-0.39, 0.29) is 39.2 Å². The minimum Gasteiger partial charge on any atom is -0.462 e. The summed E-state index contributed by atoms with van der Waals surface area (Å²) in [5.74, 6) is -1.57. The maximum atomic E-state index is 12.5. The average Bonchev–Trinajstić information content (AvgIpc) is 3.33. The molecule has 1 heterocycles. The van der Waals surface area contributed by atoms with Gasteiger partial charge in [0.1, 0.15) is 5.76 Å². The number of furan rings is 1. The molecule has 0 unspecified atom stereocenters. The van der Waals surface area contributed by atoms with Gasteiger partial charge in [-0.3, -0.25) is 9.59 Å². The second kappa shape index (κ2) is 12.2. The van der Waals surface area contributed by atoms with E-state index >= 15 is 0 Å². The van der Waals surface area contributed by atoms with E-state index in [1.54, 1.807) is 12.1 Å². The Hall–Kier alpha value is -3.62. The van der Waals surface area contributed by atoms with Crippen LogP contribution in [-0.4, -0.2) is 37.3 Å². The van der Waals surface area contributed by atoms with Crippen molar-refractivity contribution in [3.05, 3.63) is 75.5 Å². The molecule has 1 aromatic heterocycles. The molecule has 1 N–H and O–H groups in total. The zero-order valence-electron chi connectivity index (χ0n) is 18.6. The maximum absolute atomic E-state index is 12.5. The van der Waals surface area contributed by atoms with Gasteiger partial charge in [0.25, 0.3) is 5.91 Å². The Morgan fingerprint density at radius 1 is 0.943 bits per heavy atom. The SMILES string of the molecule is CCCCOC(=O)c1cc(NC(=O)COC(=O)c2cc(-c3ccc(C=O)o3)ccc2Cl)ccc1Cl. The van der Waals surface area contributed by atoms with E-state index in [9.17, 15) is 19.2 Å². The summed E-state index contributed by atoms with van der Waals surface area (Å²) in [6, 6.07) is 11.9. The Balaban J connectivity index is 1.62. The van der Waals surface area contributed by atoms with Gasteiger partial charge < -0.3 is 19.2 Å². The van der Waals surface area contributed by atoms with Crippen LogP contribution in [0, 0.1) is 0 Å². The van der Waals surface area contributed by atoms with Gasteiger partial charge in [-0.2, -0.15) is 0 Å². The van der Waals surface area contributed by atoms with Crippen LogP contribution in [0.3, 0.4) is 0 Å². The van der Waals surface area contributed by atoms with Crippen molar-refractivity contribution >= 4 is 53.0 Å². The highest BCUT2D eigenvalue weighted by Gasteiger charge is 2.18. The first kappa shape index (κ1) is 26.0. The minimum atomic E-state index is -0.828. The minimum absolute atomic E-state index is 0.0182. The van der Waals surface area contributed by atoms with Gasteiger partial charge >= 0.3 is 11.9 Å². The van der Waals surface area contributed by atoms with Crippen LogP contribution in [0.2, 0.25) is 10.0 Å². The normalized spacial score (nSPS) is 10.5. The third kappa shape index (κ3) is 6.94. The summed E-state index contributed by atoms with van der Waals surface area (Å²) >= 11 is 12.2. The molecule has 0 saturated carbocycles. The number of carbonyl (C=O) groups is 4. The number of hydrogen-bond acceptors (Lipinski definition) is 7. The Bertz CT molecular complexity index is 1250. The number of rotatable bonds is 10. The fourth-order valence-corrected chi connectivity index (χ4v) is 3.35. The van der Waals surface area contributed by atoms with Crippen LogP contribution in [0.4, 0.5) is 5.69 Å². The highest BCUT2D eigenvalue weighted by Crippen LogP contribution is 2.27. The van der Waals surface area contributed by atoms with Gasteiger partial charge in [0.05, 0.1) is 27.8 Å². The Kier molecular flexibility index (Phi) is 9.05. The molecule has 2 aromatic carbocycles. The van der Waals surface area contributed by atoms with Gasteiger partial charge in [0, 0.05) is 11.3 Å². The zero-order chi connectivity index (χ0) is 25.4. The van der Waals surface area contributed by atoms with E-state index in [2.05, 4.69) is 5.32 Å². The summed E-state index contributed by atoms with van der Waals surface area (Å²) in [4.78, 5) is 47.9. The first-order chi connectivity index (χ1) is 16.8. The predicted octanol–water partition coefficient (Wildman–Crippen LogP) is 5.82. The number of carbonyl (C=O) groups excluding carboxylic acids is 4. The number of hydrogen-bond donors (Lipinski definition) is 1. The number of unbranched alkanes of at least 4 members (excludes halogenated alkanes) is 1. The summed E-state index contributed by atoms with van der Waals surface area (Å²) in [5, 5.41) is 2.83. The zero-order valence-corrected chi connectivity index (χ0v) is 20.2. The Morgan fingerprint density at radius 2 is 1.63 bits per heavy atom. The molecule has 0 aliphatic rings. The number of ether oxygens (including phenoxy) is 2. The number of benzene rings is 2. The largest absolute Gasteiger partial charge is 0.462 e. The molecule has 0 spiro atoms. The number of nitrogens with one attached hydrogen (secondary N) is 1. The quantitative estimate of drug-likeness (QED) is 0.205. The van der Waals surface area contributed by atoms with Gasteiger partial charge in [-0.05, 0) is 55.0 Å². The van der Waals surface area contributed by atoms with Crippen LogP contribution < -0.4 is 5.32 Å². The van der Waals surface area contributed by atoms with Crippen molar-refractivity contribution in [2.24, 2.45) is 0 Å². The monoisotopic (exact) mass is 517 g/mol. The van der Waals surface area contributed by atoms with Crippen molar-refractivity contribution in [3.63, 3.8) is 0 Å². The van der Waals surface area contributed by atoms with Crippen LogP contribution in [0.15, 0.2) is 52.9 Å². The second-order valence-electron chi connectivity index (χ2n) is 7.32. The lowest BCUT2D eigenvalue weighted by molar-refractivity contribution is -0.119. The van der Waals surface area contributed by atoms with Crippen molar-refractivity contribution in [2.45, 2.75) is 19.8 Å². The molecule has 0 aliphatic heterocycles. The molecule has 0 radical (unpaired) electrons. The van der Waals surface area contributed by atoms with E-state index in [4.69, 9.17) is 37.1 Å². The highest BCUT2D eigenvalue weighted by molar-refractivity contribution is 6.34. The topological polar surface area (TPSA) is 112 Å². The molecule has 35 heavy (non-hydrogen) atoms. The average molecular weight is 518 g/mol. The molecule has 0 saturated heterocycles. The van der Waals surface area contributed by atoms with Crippen molar-refractivity contribution in [1.29, 1.82) is 0 Å². The fraction of sp³-hybridized carbons (Fsp3) is 0.200. The molecule has 0 bridgehead atoms. The maximum Gasteiger partial charge on any atom is 0.340 e.